The van der Waals surface area contributed by atoms with Gasteiger partial charge in [0.15, 0.2) is 0 Å². The number of anilines is 1. The van der Waals surface area contributed by atoms with E-state index in [0.29, 0.717) is 27.0 Å². The summed E-state index contributed by atoms with van der Waals surface area (Å²) in [7, 11) is -4.02. The highest BCUT2D eigenvalue weighted by Crippen LogP contribution is 2.29. The summed E-state index contributed by atoms with van der Waals surface area (Å²) in [5.41, 5.74) is 2.88. The van der Waals surface area contributed by atoms with Gasteiger partial charge in [-0.25, -0.2) is 8.42 Å². The third-order valence-electron chi connectivity index (χ3n) is 5.17. The number of carbonyl (C=O) groups is 1. The Hall–Kier alpha value is -2.74. The second-order valence-corrected chi connectivity index (χ2v) is 10.6. The van der Waals surface area contributed by atoms with Crippen molar-refractivity contribution in [3.05, 3.63) is 87.4 Å². The van der Waals surface area contributed by atoms with Gasteiger partial charge < -0.3 is 10.1 Å². The van der Waals surface area contributed by atoms with Gasteiger partial charge in [-0.15, -0.1) is 0 Å². The van der Waals surface area contributed by atoms with Crippen LogP contribution in [0.1, 0.15) is 16.7 Å². The number of benzene rings is 3. The molecule has 34 heavy (non-hydrogen) atoms. The molecule has 0 aliphatic heterocycles. The van der Waals surface area contributed by atoms with Gasteiger partial charge in [0.2, 0.25) is 5.91 Å². The van der Waals surface area contributed by atoms with E-state index in [-0.39, 0.29) is 18.0 Å². The first kappa shape index (κ1) is 25.9. The third-order valence-corrected chi connectivity index (χ3v) is 7.59. The van der Waals surface area contributed by atoms with E-state index in [1.807, 2.05) is 19.9 Å². The fourth-order valence-electron chi connectivity index (χ4n) is 3.20. The smallest absolute Gasteiger partial charge is 0.264 e. The van der Waals surface area contributed by atoms with Crippen molar-refractivity contribution in [1.82, 2.24) is 5.32 Å². The van der Waals surface area contributed by atoms with E-state index in [4.69, 9.17) is 27.9 Å². The first-order chi connectivity index (χ1) is 16.1. The minimum atomic E-state index is -4.02. The molecule has 0 aliphatic carbocycles. The number of carbonyl (C=O) groups excluding carboxylic acids is 1. The third kappa shape index (κ3) is 6.44. The number of rotatable bonds is 9. The molecule has 0 saturated carbocycles. The fraction of sp³-hybridized carbons (Fsp3) is 0.240. The van der Waals surface area contributed by atoms with Crippen LogP contribution in [0, 0.1) is 20.8 Å². The van der Waals surface area contributed by atoms with Gasteiger partial charge in [0.1, 0.15) is 18.9 Å². The largest absolute Gasteiger partial charge is 0.492 e. The summed E-state index contributed by atoms with van der Waals surface area (Å²) in [5.74, 6) is 0.114. The van der Waals surface area contributed by atoms with Crippen LogP contribution in [0.25, 0.3) is 0 Å². The van der Waals surface area contributed by atoms with Crippen molar-refractivity contribution in [2.45, 2.75) is 25.7 Å². The van der Waals surface area contributed by atoms with Crippen LogP contribution in [0.5, 0.6) is 5.75 Å². The second kappa shape index (κ2) is 11.1. The molecule has 3 aromatic rings. The standard InChI is InChI=1S/C25H26Cl2N2O4S/c1-17-4-10-22(11-5-17)34(31,32)29(24-14-20(26)8-6-19(24)3)16-25(30)28-12-13-33-21-9-7-18(2)23(27)15-21/h4-11,14-15H,12-13,16H2,1-3H3,(H,28,30). The highest BCUT2D eigenvalue weighted by Gasteiger charge is 2.28. The van der Waals surface area contributed by atoms with Gasteiger partial charge in [-0.3, -0.25) is 9.10 Å². The molecule has 0 unspecified atom stereocenters. The molecule has 0 saturated heterocycles. The van der Waals surface area contributed by atoms with E-state index < -0.39 is 22.5 Å². The average Bonchev–Trinajstić information content (AvgIpc) is 2.79. The highest BCUT2D eigenvalue weighted by molar-refractivity contribution is 7.92. The first-order valence-electron chi connectivity index (χ1n) is 10.6. The molecule has 1 N–H and O–H groups in total. The SMILES string of the molecule is Cc1ccc(S(=O)(=O)N(CC(=O)NCCOc2ccc(C)c(Cl)c2)c2cc(Cl)ccc2C)cc1. The van der Waals surface area contributed by atoms with E-state index in [9.17, 15) is 13.2 Å². The van der Waals surface area contributed by atoms with Crippen LogP contribution in [-0.4, -0.2) is 34.0 Å². The van der Waals surface area contributed by atoms with Crippen LogP contribution in [0.3, 0.4) is 0 Å². The number of sulfonamides is 1. The Morgan fingerprint density at radius 2 is 1.62 bits per heavy atom. The molecule has 0 fully saturated rings. The lowest BCUT2D eigenvalue weighted by atomic mass is 10.2. The number of nitrogens with zero attached hydrogens (tertiary/aromatic N) is 1. The summed E-state index contributed by atoms with van der Waals surface area (Å²) < 4.78 is 33.7. The van der Waals surface area contributed by atoms with E-state index in [2.05, 4.69) is 5.32 Å². The Kier molecular flexibility index (Phi) is 8.47. The summed E-state index contributed by atoms with van der Waals surface area (Å²) in [6.45, 7) is 5.51. The van der Waals surface area contributed by atoms with Crippen molar-refractivity contribution in [1.29, 1.82) is 0 Å². The summed E-state index contributed by atoms with van der Waals surface area (Å²) in [6, 6.07) is 16.7. The minimum Gasteiger partial charge on any atom is -0.492 e. The summed E-state index contributed by atoms with van der Waals surface area (Å²) in [5, 5.41) is 3.67. The Morgan fingerprint density at radius 3 is 2.29 bits per heavy atom. The molecule has 1 amide bonds. The molecule has 0 heterocycles. The van der Waals surface area contributed by atoms with Crippen molar-refractivity contribution < 1.29 is 17.9 Å². The Morgan fingerprint density at radius 1 is 0.941 bits per heavy atom. The van der Waals surface area contributed by atoms with Crippen LogP contribution >= 0.6 is 23.2 Å². The van der Waals surface area contributed by atoms with Crippen LogP contribution in [0.4, 0.5) is 5.69 Å². The maximum absolute atomic E-state index is 13.5. The molecule has 0 spiro atoms. The number of amides is 1. The Balaban J connectivity index is 1.74. The Bertz CT molecular complexity index is 1280. The van der Waals surface area contributed by atoms with E-state index in [1.54, 1.807) is 49.4 Å². The predicted octanol–water partition coefficient (Wildman–Crippen LogP) is 5.31. The zero-order chi connectivity index (χ0) is 24.9. The number of hydrogen-bond donors (Lipinski definition) is 1. The lowest BCUT2D eigenvalue weighted by Gasteiger charge is -2.26. The lowest BCUT2D eigenvalue weighted by Crippen LogP contribution is -2.42. The summed E-state index contributed by atoms with van der Waals surface area (Å²) in [6.07, 6.45) is 0. The molecule has 180 valence electrons. The van der Waals surface area contributed by atoms with Crippen LogP contribution in [-0.2, 0) is 14.8 Å². The summed E-state index contributed by atoms with van der Waals surface area (Å²) in [4.78, 5) is 12.8. The minimum absolute atomic E-state index is 0.0878. The second-order valence-electron chi connectivity index (χ2n) is 7.86. The number of nitrogens with one attached hydrogen (secondary N) is 1. The maximum atomic E-state index is 13.5. The quantitative estimate of drug-likeness (QED) is 0.388. The number of halogens is 2. The highest BCUT2D eigenvalue weighted by atomic mass is 35.5. The zero-order valence-electron chi connectivity index (χ0n) is 19.1. The molecule has 0 bridgehead atoms. The van der Waals surface area contributed by atoms with E-state index in [0.717, 1.165) is 15.4 Å². The van der Waals surface area contributed by atoms with Crippen LogP contribution in [0.15, 0.2) is 65.6 Å². The van der Waals surface area contributed by atoms with Gasteiger partial charge in [0, 0.05) is 10.0 Å². The van der Waals surface area contributed by atoms with Gasteiger partial charge in [-0.05, 0) is 68.3 Å². The van der Waals surface area contributed by atoms with Crippen LogP contribution in [0.2, 0.25) is 10.0 Å². The molecule has 9 heteroatoms. The molecule has 0 radical (unpaired) electrons. The normalized spacial score (nSPS) is 11.2. The van der Waals surface area contributed by atoms with Crippen molar-refractivity contribution in [2.75, 3.05) is 24.0 Å². The Labute approximate surface area is 210 Å². The topological polar surface area (TPSA) is 75.7 Å². The average molecular weight is 521 g/mol. The van der Waals surface area contributed by atoms with Crippen molar-refractivity contribution in [3.8, 4) is 5.75 Å². The number of ether oxygens (including phenoxy) is 1. The maximum Gasteiger partial charge on any atom is 0.264 e. The molecule has 0 atom stereocenters. The molecule has 3 rings (SSSR count). The van der Waals surface area contributed by atoms with E-state index in [1.165, 1.54) is 12.1 Å². The van der Waals surface area contributed by atoms with Crippen molar-refractivity contribution in [3.63, 3.8) is 0 Å². The fourth-order valence-corrected chi connectivity index (χ4v) is 5.01. The molecule has 0 aliphatic rings. The van der Waals surface area contributed by atoms with Gasteiger partial charge in [0.25, 0.3) is 10.0 Å². The molecule has 3 aromatic carbocycles. The first-order valence-corrected chi connectivity index (χ1v) is 12.8. The lowest BCUT2D eigenvalue weighted by molar-refractivity contribution is -0.119. The van der Waals surface area contributed by atoms with Crippen LogP contribution < -0.4 is 14.4 Å². The molecule has 6 nitrogen and oxygen atoms in total. The van der Waals surface area contributed by atoms with Gasteiger partial charge in [0.05, 0.1) is 17.1 Å². The molecule has 0 aromatic heterocycles. The van der Waals surface area contributed by atoms with Gasteiger partial charge in [-0.2, -0.15) is 0 Å². The van der Waals surface area contributed by atoms with Gasteiger partial charge in [-0.1, -0.05) is 53.0 Å². The zero-order valence-corrected chi connectivity index (χ0v) is 21.5. The van der Waals surface area contributed by atoms with Gasteiger partial charge >= 0.3 is 0 Å². The monoisotopic (exact) mass is 520 g/mol. The summed E-state index contributed by atoms with van der Waals surface area (Å²) >= 11 is 12.2. The van der Waals surface area contributed by atoms with Crippen molar-refractivity contribution >= 4 is 44.8 Å². The van der Waals surface area contributed by atoms with E-state index >= 15 is 0 Å². The number of hydrogen-bond acceptors (Lipinski definition) is 4. The molecular formula is C25H26Cl2N2O4S. The molecular weight excluding hydrogens is 495 g/mol. The number of aryl methyl sites for hydroxylation is 3. The predicted molar refractivity (Wildman–Crippen MR) is 137 cm³/mol. The van der Waals surface area contributed by atoms with Crippen molar-refractivity contribution in [2.24, 2.45) is 0 Å².